The molecule has 96 valence electrons. The summed E-state index contributed by atoms with van der Waals surface area (Å²) < 4.78 is 2.26. The number of halogens is 2. The molecule has 1 unspecified atom stereocenters. The minimum atomic E-state index is 0.375. The van der Waals surface area contributed by atoms with Crippen molar-refractivity contribution in [3.05, 3.63) is 32.7 Å². The molecule has 1 atom stereocenters. The fraction of sp³-hybridized carbons (Fsp3) is 0.571. The summed E-state index contributed by atoms with van der Waals surface area (Å²) in [6.45, 7) is 10.1. The fourth-order valence-corrected chi connectivity index (χ4v) is 3.02. The molecule has 0 aliphatic rings. The molecule has 0 bridgehead atoms. The van der Waals surface area contributed by atoms with Gasteiger partial charge in [-0.05, 0) is 43.0 Å². The van der Waals surface area contributed by atoms with Crippen LogP contribution < -0.4 is 5.32 Å². The highest BCUT2D eigenvalue weighted by molar-refractivity contribution is 9.11. The van der Waals surface area contributed by atoms with Gasteiger partial charge < -0.3 is 5.32 Å². The molecule has 1 aromatic rings. The maximum absolute atomic E-state index is 3.61. The molecule has 0 heterocycles. The molecule has 1 nitrogen and oxygen atoms in total. The van der Waals surface area contributed by atoms with E-state index in [-0.39, 0.29) is 0 Å². The van der Waals surface area contributed by atoms with Gasteiger partial charge in [0.15, 0.2) is 0 Å². The first kappa shape index (κ1) is 15.2. The van der Waals surface area contributed by atoms with Crippen LogP contribution in [0.1, 0.15) is 45.7 Å². The van der Waals surface area contributed by atoms with E-state index >= 15 is 0 Å². The SMILES string of the molecule is CC(NCCC(C)(C)C)c1ccc(Br)cc1Br. The van der Waals surface area contributed by atoms with Crippen LogP contribution in [0.4, 0.5) is 0 Å². The highest BCUT2D eigenvalue weighted by atomic mass is 79.9. The van der Waals surface area contributed by atoms with Crippen molar-refractivity contribution in [1.29, 1.82) is 0 Å². The summed E-state index contributed by atoms with van der Waals surface area (Å²) in [6.07, 6.45) is 1.19. The third-order valence-corrected chi connectivity index (χ3v) is 3.93. The first-order valence-corrected chi connectivity index (χ1v) is 7.56. The maximum Gasteiger partial charge on any atom is 0.0302 e. The van der Waals surface area contributed by atoms with E-state index in [1.54, 1.807) is 0 Å². The Morgan fingerprint density at radius 2 is 1.88 bits per heavy atom. The van der Waals surface area contributed by atoms with E-state index < -0.39 is 0 Å². The highest BCUT2D eigenvalue weighted by Crippen LogP contribution is 2.27. The number of nitrogens with one attached hydrogen (secondary N) is 1. The summed E-state index contributed by atoms with van der Waals surface area (Å²) in [5, 5.41) is 3.57. The molecular weight excluding hydrogens is 342 g/mol. The standard InChI is InChI=1S/C14H21Br2N/c1-10(17-8-7-14(2,3)4)12-6-5-11(15)9-13(12)16/h5-6,9-10,17H,7-8H2,1-4H3. The van der Waals surface area contributed by atoms with Gasteiger partial charge in [-0.1, -0.05) is 58.7 Å². The lowest BCUT2D eigenvalue weighted by atomic mass is 9.92. The van der Waals surface area contributed by atoms with Crippen LogP contribution in [-0.4, -0.2) is 6.54 Å². The van der Waals surface area contributed by atoms with Crippen molar-refractivity contribution >= 4 is 31.9 Å². The van der Waals surface area contributed by atoms with Crippen molar-refractivity contribution in [3.8, 4) is 0 Å². The Morgan fingerprint density at radius 1 is 1.24 bits per heavy atom. The molecule has 1 aromatic carbocycles. The minimum absolute atomic E-state index is 0.375. The van der Waals surface area contributed by atoms with Gasteiger partial charge in [0, 0.05) is 15.0 Å². The lowest BCUT2D eigenvalue weighted by Gasteiger charge is -2.21. The Bertz CT molecular complexity index is 369. The van der Waals surface area contributed by atoms with E-state index in [0.717, 1.165) is 15.5 Å². The summed E-state index contributed by atoms with van der Waals surface area (Å²) in [7, 11) is 0. The summed E-state index contributed by atoms with van der Waals surface area (Å²) in [5.41, 5.74) is 1.70. The van der Waals surface area contributed by atoms with Crippen molar-refractivity contribution in [1.82, 2.24) is 5.32 Å². The van der Waals surface area contributed by atoms with Crippen LogP contribution in [-0.2, 0) is 0 Å². The Morgan fingerprint density at radius 3 is 2.41 bits per heavy atom. The first-order valence-electron chi connectivity index (χ1n) is 5.98. The van der Waals surface area contributed by atoms with Crippen molar-refractivity contribution < 1.29 is 0 Å². The molecule has 0 aromatic heterocycles. The van der Waals surface area contributed by atoms with Crippen LogP contribution in [0.2, 0.25) is 0 Å². The fourth-order valence-electron chi connectivity index (χ4n) is 1.63. The zero-order valence-electron chi connectivity index (χ0n) is 11.0. The Labute approximate surface area is 122 Å². The molecule has 0 saturated carbocycles. The number of hydrogen-bond donors (Lipinski definition) is 1. The monoisotopic (exact) mass is 361 g/mol. The van der Waals surface area contributed by atoms with Crippen molar-refractivity contribution in [3.63, 3.8) is 0 Å². The van der Waals surface area contributed by atoms with Crippen LogP contribution in [0.3, 0.4) is 0 Å². The van der Waals surface area contributed by atoms with Crippen molar-refractivity contribution in [2.45, 2.75) is 40.2 Å². The highest BCUT2D eigenvalue weighted by Gasteiger charge is 2.12. The number of hydrogen-bond acceptors (Lipinski definition) is 1. The summed E-state index contributed by atoms with van der Waals surface area (Å²) in [6, 6.07) is 6.71. The molecule has 0 radical (unpaired) electrons. The lowest BCUT2D eigenvalue weighted by molar-refractivity contribution is 0.358. The van der Waals surface area contributed by atoms with Crippen LogP contribution in [0, 0.1) is 5.41 Å². The van der Waals surface area contributed by atoms with Crippen molar-refractivity contribution in [2.24, 2.45) is 5.41 Å². The summed E-state index contributed by atoms with van der Waals surface area (Å²) in [5.74, 6) is 0. The molecule has 0 fully saturated rings. The third kappa shape index (κ3) is 5.54. The van der Waals surface area contributed by atoms with E-state index in [9.17, 15) is 0 Å². The molecule has 0 spiro atoms. The first-order chi connectivity index (χ1) is 7.79. The van der Waals surface area contributed by atoms with Gasteiger partial charge in [-0.25, -0.2) is 0 Å². The Hall–Kier alpha value is 0.140. The Kier molecular flexibility index (Phi) is 5.68. The molecule has 0 aliphatic carbocycles. The molecule has 0 amide bonds. The molecule has 0 aliphatic heterocycles. The van der Waals surface area contributed by atoms with Gasteiger partial charge in [-0.2, -0.15) is 0 Å². The average Bonchev–Trinajstić information content (AvgIpc) is 2.15. The predicted molar refractivity (Wildman–Crippen MR) is 82.3 cm³/mol. The molecule has 3 heteroatoms. The topological polar surface area (TPSA) is 12.0 Å². The third-order valence-electron chi connectivity index (χ3n) is 2.75. The molecule has 1 N–H and O–H groups in total. The van der Waals surface area contributed by atoms with Crippen LogP contribution in [0.15, 0.2) is 27.1 Å². The molecular formula is C14H21Br2N. The summed E-state index contributed by atoms with van der Waals surface area (Å²) in [4.78, 5) is 0. The predicted octanol–water partition coefficient (Wildman–Crippen LogP) is 5.30. The van der Waals surface area contributed by atoms with Crippen LogP contribution in [0.5, 0.6) is 0 Å². The van der Waals surface area contributed by atoms with Gasteiger partial charge in [0.25, 0.3) is 0 Å². The number of rotatable bonds is 4. The minimum Gasteiger partial charge on any atom is -0.310 e. The Balaban J connectivity index is 2.55. The van der Waals surface area contributed by atoms with Crippen molar-refractivity contribution in [2.75, 3.05) is 6.54 Å². The zero-order valence-corrected chi connectivity index (χ0v) is 14.2. The second-order valence-electron chi connectivity index (χ2n) is 5.65. The van der Waals surface area contributed by atoms with Gasteiger partial charge in [0.05, 0.1) is 0 Å². The average molecular weight is 363 g/mol. The summed E-state index contributed by atoms with van der Waals surface area (Å²) >= 11 is 7.08. The van der Waals surface area contributed by atoms with Crippen LogP contribution in [0.25, 0.3) is 0 Å². The van der Waals surface area contributed by atoms with E-state index in [2.05, 4.69) is 83.1 Å². The van der Waals surface area contributed by atoms with Gasteiger partial charge in [-0.15, -0.1) is 0 Å². The molecule has 0 saturated heterocycles. The van der Waals surface area contributed by atoms with Gasteiger partial charge in [0.2, 0.25) is 0 Å². The second kappa shape index (κ2) is 6.35. The maximum atomic E-state index is 3.61. The van der Waals surface area contributed by atoms with Gasteiger partial charge >= 0.3 is 0 Å². The van der Waals surface area contributed by atoms with E-state index in [1.807, 2.05) is 0 Å². The normalized spacial score (nSPS) is 13.8. The number of benzene rings is 1. The second-order valence-corrected chi connectivity index (χ2v) is 7.42. The largest absolute Gasteiger partial charge is 0.310 e. The van der Waals surface area contributed by atoms with Crippen LogP contribution >= 0.6 is 31.9 Å². The van der Waals surface area contributed by atoms with Gasteiger partial charge in [0.1, 0.15) is 0 Å². The van der Waals surface area contributed by atoms with Gasteiger partial charge in [-0.3, -0.25) is 0 Å². The molecule has 17 heavy (non-hydrogen) atoms. The molecule has 1 rings (SSSR count). The van der Waals surface area contributed by atoms with E-state index in [0.29, 0.717) is 11.5 Å². The quantitative estimate of drug-likeness (QED) is 0.766. The lowest BCUT2D eigenvalue weighted by Crippen LogP contribution is -2.23. The smallest absolute Gasteiger partial charge is 0.0302 e. The van der Waals surface area contributed by atoms with E-state index in [4.69, 9.17) is 0 Å². The zero-order chi connectivity index (χ0) is 13.1. The van der Waals surface area contributed by atoms with E-state index in [1.165, 1.54) is 12.0 Å².